The molecular formula is C26H29ClN4O. The Morgan fingerprint density at radius 2 is 1.75 bits per heavy atom. The summed E-state index contributed by atoms with van der Waals surface area (Å²) in [5, 5.41) is 0.583. The van der Waals surface area contributed by atoms with Gasteiger partial charge in [-0.05, 0) is 51.0 Å². The van der Waals surface area contributed by atoms with Crippen molar-refractivity contribution in [2.24, 2.45) is 0 Å². The van der Waals surface area contributed by atoms with E-state index < -0.39 is 0 Å². The van der Waals surface area contributed by atoms with Gasteiger partial charge in [0.1, 0.15) is 11.6 Å². The van der Waals surface area contributed by atoms with Gasteiger partial charge in [0.05, 0.1) is 0 Å². The van der Waals surface area contributed by atoms with Crippen molar-refractivity contribution >= 4 is 23.3 Å². The second-order valence-corrected chi connectivity index (χ2v) is 8.90. The summed E-state index contributed by atoms with van der Waals surface area (Å²) < 4.78 is 0. The minimum absolute atomic E-state index is 0.0317. The Labute approximate surface area is 195 Å². The SMILES string of the molecule is Cc1ccc(Cc2c(C)nc(C)nc2N2CCCN(C(=O)c3cccc(Cl)c3)CC2)cc1. The largest absolute Gasteiger partial charge is 0.354 e. The highest BCUT2D eigenvalue weighted by atomic mass is 35.5. The summed E-state index contributed by atoms with van der Waals surface area (Å²) in [4.78, 5) is 26.7. The van der Waals surface area contributed by atoms with Gasteiger partial charge < -0.3 is 9.80 Å². The fraction of sp³-hybridized carbons (Fsp3) is 0.346. The predicted molar refractivity (Wildman–Crippen MR) is 130 cm³/mol. The Balaban J connectivity index is 1.56. The topological polar surface area (TPSA) is 49.3 Å². The van der Waals surface area contributed by atoms with Gasteiger partial charge in [0, 0.05) is 54.4 Å². The van der Waals surface area contributed by atoms with Gasteiger partial charge in [-0.3, -0.25) is 4.79 Å². The molecule has 5 nitrogen and oxygen atoms in total. The third-order valence-electron chi connectivity index (χ3n) is 5.96. The molecule has 1 aromatic heterocycles. The van der Waals surface area contributed by atoms with Crippen molar-refractivity contribution < 1.29 is 4.79 Å². The molecule has 0 N–H and O–H groups in total. The lowest BCUT2D eigenvalue weighted by Gasteiger charge is -2.26. The first-order chi connectivity index (χ1) is 15.4. The highest BCUT2D eigenvalue weighted by Crippen LogP contribution is 2.26. The zero-order valence-corrected chi connectivity index (χ0v) is 19.7. The van der Waals surface area contributed by atoms with E-state index in [2.05, 4.69) is 48.0 Å². The molecule has 2 heterocycles. The smallest absolute Gasteiger partial charge is 0.253 e. The summed E-state index contributed by atoms with van der Waals surface area (Å²) in [7, 11) is 0. The standard InChI is InChI=1S/C26H29ClN4O/c1-18-8-10-21(11-9-18)16-24-19(2)28-20(3)29-25(24)30-12-5-13-31(15-14-30)26(32)22-6-4-7-23(27)17-22/h4,6-11,17H,5,12-16H2,1-3H3. The van der Waals surface area contributed by atoms with Gasteiger partial charge in [-0.15, -0.1) is 0 Å². The first-order valence-corrected chi connectivity index (χ1v) is 11.5. The molecule has 2 aromatic carbocycles. The van der Waals surface area contributed by atoms with E-state index in [0.717, 1.165) is 55.4 Å². The number of aryl methyl sites for hydroxylation is 3. The van der Waals surface area contributed by atoms with Crippen LogP contribution in [0.3, 0.4) is 0 Å². The molecule has 0 unspecified atom stereocenters. The fourth-order valence-corrected chi connectivity index (χ4v) is 4.42. The third kappa shape index (κ3) is 5.10. The van der Waals surface area contributed by atoms with E-state index in [0.29, 0.717) is 17.1 Å². The van der Waals surface area contributed by atoms with Crippen LogP contribution in [0.4, 0.5) is 5.82 Å². The van der Waals surface area contributed by atoms with Crippen molar-refractivity contribution in [2.45, 2.75) is 33.6 Å². The second-order valence-electron chi connectivity index (χ2n) is 8.46. The number of amides is 1. The fourth-order valence-electron chi connectivity index (χ4n) is 4.23. The number of hydrogen-bond donors (Lipinski definition) is 0. The molecule has 1 aliphatic heterocycles. The van der Waals surface area contributed by atoms with E-state index in [1.807, 2.05) is 24.0 Å². The van der Waals surface area contributed by atoms with Crippen molar-refractivity contribution in [1.29, 1.82) is 0 Å². The van der Waals surface area contributed by atoms with Crippen LogP contribution in [-0.2, 0) is 6.42 Å². The zero-order chi connectivity index (χ0) is 22.7. The molecule has 3 aromatic rings. The normalized spacial score (nSPS) is 14.4. The van der Waals surface area contributed by atoms with Crippen molar-refractivity contribution in [3.8, 4) is 0 Å². The maximum atomic E-state index is 13.0. The molecular weight excluding hydrogens is 420 g/mol. The molecule has 1 fully saturated rings. The quantitative estimate of drug-likeness (QED) is 0.563. The maximum absolute atomic E-state index is 13.0. The summed E-state index contributed by atoms with van der Waals surface area (Å²) >= 11 is 6.09. The first-order valence-electron chi connectivity index (χ1n) is 11.1. The van der Waals surface area contributed by atoms with E-state index in [1.54, 1.807) is 12.1 Å². The lowest BCUT2D eigenvalue weighted by Crippen LogP contribution is -2.35. The van der Waals surface area contributed by atoms with Crippen molar-refractivity contribution in [3.63, 3.8) is 0 Å². The highest BCUT2D eigenvalue weighted by Gasteiger charge is 2.24. The van der Waals surface area contributed by atoms with Crippen LogP contribution >= 0.6 is 11.6 Å². The summed E-state index contributed by atoms with van der Waals surface area (Å²) in [6, 6.07) is 15.8. The van der Waals surface area contributed by atoms with Crippen LogP contribution in [0.1, 0.15) is 45.0 Å². The second kappa shape index (κ2) is 9.70. The highest BCUT2D eigenvalue weighted by molar-refractivity contribution is 6.30. The van der Waals surface area contributed by atoms with Crippen LogP contribution in [-0.4, -0.2) is 47.0 Å². The Bertz CT molecular complexity index is 1110. The molecule has 0 spiro atoms. The number of carbonyl (C=O) groups is 1. The summed E-state index contributed by atoms with van der Waals surface area (Å²) in [6.07, 6.45) is 1.68. The summed E-state index contributed by atoms with van der Waals surface area (Å²) in [5.74, 6) is 1.80. The van der Waals surface area contributed by atoms with Gasteiger partial charge in [-0.2, -0.15) is 0 Å². The van der Waals surface area contributed by atoms with Crippen LogP contribution in [0, 0.1) is 20.8 Å². The minimum Gasteiger partial charge on any atom is -0.354 e. The van der Waals surface area contributed by atoms with Crippen LogP contribution in [0.5, 0.6) is 0 Å². The number of rotatable bonds is 4. The molecule has 32 heavy (non-hydrogen) atoms. The van der Waals surface area contributed by atoms with Gasteiger partial charge in [0.2, 0.25) is 0 Å². The molecule has 0 atom stereocenters. The summed E-state index contributed by atoms with van der Waals surface area (Å²) in [6.45, 7) is 9.07. The maximum Gasteiger partial charge on any atom is 0.253 e. The number of anilines is 1. The van der Waals surface area contributed by atoms with E-state index in [1.165, 1.54) is 11.1 Å². The van der Waals surface area contributed by atoms with Crippen molar-refractivity contribution in [3.05, 3.63) is 87.3 Å². The Morgan fingerprint density at radius 1 is 0.969 bits per heavy atom. The molecule has 166 valence electrons. The molecule has 1 saturated heterocycles. The number of aromatic nitrogens is 2. The van der Waals surface area contributed by atoms with Gasteiger partial charge in [-0.1, -0.05) is 47.5 Å². The van der Waals surface area contributed by atoms with E-state index >= 15 is 0 Å². The Morgan fingerprint density at radius 3 is 2.50 bits per heavy atom. The van der Waals surface area contributed by atoms with E-state index in [-0.39, 0.29) is 5.91 Å². The van der Waals surface area contributed by atoms with E-state index in [9.17, 15) is 4.79 Å². The predicted octanol–water partition coefficient (Wildman–Crippen LogP) is 5.00. The average Bonchev–Trinajstić information content (AvgIpc) is 3.02. The Kier molecular flexibility index (Phi) is 6.75. The molecule has 6 heteroatoms. The van der Waals surface area contributed by atoms with Crippen LogP contribution < -0.4 is 4.90 Å². The minimum atomic E-state index is 0.0317. The number of hydrogen-bond acceptors (Lipinski definition) is 4. The van der Waals surface area contributed by atoms with E-state index in [4.69, 9.17) is 16.6 Å². The monoisotopic (exact) mass is 448 g/mol. The summed E-state index contributed by atoms with van der Waals surface area (Å²) in [5.41, 5.74) is 5.32. The zero-order valence-electron chi connectivity index (χ0n) is 18.9. The molecule has 1 aliphatic rings. The van der Waals surface area contributed by atoms with Gasteiger partial charge >= 0.3 is 0 Å². The van der Waals surface area contributed by atoms with Crippen molar-refractivity contribution in [1.82, 2.24) is 14.9 Å². The lowest BCUT2D eigenvalue weighted by atomic mass is 10.0. The molecule has 0 bridgehead atoms. The number of benzene rings is 2. The molecule has 0 aliphatic carbocycles. The molecule has 1 amide bonds. The lowest BCUT2D eigenvalue weighted by molar-refractivity contribution is 0.0767. The van der Waals surface area contributed by atoms with Crippen LogP contribution in [0.2, 0.25) is 5.02 Å². The third-order valence-corrected chi connectivity index (χ3v) is 6.19. The van der Waals surface area contributed by atoms with Crippen LogP contribution in [0.25, 0.3) is 0 Å². The molecule has 0 saturated carbocycles. The van der Waals surface area contributed by atoms with Crippen molar-refractivity contribution in [2.75, 3.05) is 31.1 Å². The average molecular weight is 449 g/mol. The molecule has 0 radical (unpaired) electrons. The first kappa shape index (κ1) is 22.3. The van der Waals surface area contributed by atoms with Gasteiger partial charge in [-0.25, -0.2) is 9.97 Å². The number of halogens is 1. The van der Waals surface area contributed by atoms with Gasteiger partial charge in [0.25, 0.3) is 5.91 Å². The molecule has 4 rings (SSSR count). The number of nitrogens with zero attached hydrogens (tertiary/aromatic N) is 4. The Hall–Kier alpha value is -2.92. The van der Waals surface area contributed by atoms with Crippen LogP contribution in [0.15, 0.2) is 48.5 Å². The number of carbonyl (C=O) groups excluding carboxylic acids is 1. The van der Waals surface area contributed by atoms with Gasteiger partial charge in [0.15, 0.2) is 0 Å².